The lowest BCUT2D eigenvalue weighted by atomic mass is 10.1. The number of nitrogens with zero attached hydrogens (tertiary/aromatic N) is 2. The molecule has 2 rings (SSSR count). The van der Waals surface area contributed by atoms with E-state index in [1.54, 1.807) is 18.3 Å². The molecule has 0 spiro atoms. The van der Waals surface area contributed by atoms with Crippen molar-refractivity contribution in [1.29, 1.82) is 0 Å². The molecule has 2 radical (unpaired) electrons. The number of piperidine rings is 1. The molecule has 80 valence electrons. The van der Waals surface area contributed by atoms with Crippen LogP contribution in [0.3, 0.4) is 0 Å². The predicted octanol–water partition coefficient (Wildman–Crippen LogP) is 2.38. The molecule has 0 bridgehead atoms. The van der Waals surface area contributed by atoms with Crippen LogP contribution in [0.1, 0.15) is 18.4 Å². The molecule has 1 aromatic heterocycles. The number of aromatic nitrogens is 1. The van der Waals surface area contributed by atoms with Gasteiger partial charge in [-0.1, -0.05) is 6.07 Å². The summed E-state index contributed by atoms with van der Waals surface area (Å²) in [7, 11) is 0. The number of rotatable bonds is 1. The van der Waals surface area contributed by atoms with E-state index in [2.05, 4.69) is 4.98 Å². The van der Waals surface area contributed by atoms with Gasteiger partial charge in [-0.25, -0.2) is 13.8 Å². The molecule has 15 heavy (non-hydrogen) atoms. The molecule has 0 saturated carbocycles. The van der Waals surface area contributed by atoms with Crippen LogP contribution in [0.15, 0.2) is 18.3 Å². The highest BCUT2D eigenvalue weighted by atomic mass is 19.3. The SMILES string of the molecule is [CH]c1ccc(N2CCC(F)(F)CC2)nc1. The Morgan fingerprint density at radius 2 is 1.93 bits per heavy atom. The summed E-state index contributed by atoms with van der Waals surface area (Å²) >= 11 is 0. The summed E-state index contributed by atoms with van der Waals surface area (Å²) in [6.45, 7) is 6.20. The zero-order valence-corrected chi connectivity index (χ0v) is 8.29. The summed E-state index contributed by atoms with van der Waals surface area (Å²) in [5, 5.41) is 0. The maximum Gasteiger partial charge on any atom is 0.251 e. The van der Waals surface area contributed by atoms with E-state index in [9.17, 15) is 8.78 Å². The standard InChI is InChI=1S/C11H12F2N2/c1-9-2-3-10(14-8-9)15-6-4-11(12,13)5-7-15/h1-3,8H,4-7H2. The Morgan fingerprint density at radius 1 is 1.27 bits per heavy atom. The maximum atomic E-state index is 12.9. The smallest absolute Gasteiger partial charge is 0.251 e. The molecule has 2 nitrogen and oxygen atoms in total. The van der Waals surface area contributed by atoms with E-state index in [1.165, 1.54) is 0 Å². The van der Waals surface area contributed by atoms with E-state index in [0.717, 1.165) is 5.82 Å². The van der Waals surface area contributed by atoms with E-state index in [4.69, 9.17) is 6.92 Å². The Bertz CT molecular complexity index is 325. The monoisotopic (exact) mass is 210 g/mol. The van der Waals surface area contributed by atoms with Gasteiger partial charge in [0.2, 0.25) is 0 Å². The normalized spacial score (nSPS) is 20.3. The first-order chi connectivity index (χ1) is 7.07. The number of hydrogen-bond donors (Lipinski definition) is 0. The minimum atomic E-state index is -2.51. The van der Waals surface area contributed by atoms with Crippen molar-refractivity contribution in [1.82, 2.24) is 4.98 Å². The van der Waals surface area contributed by atoms with Crippen molar-refractivity contribution in [2.45, 2.75) is 18.8 Å². The summed E-state index contributed by atoms with van der Waals surface area (Å²) in [5.41, 5.74) is 0.584. The Kier molecular flexibility index (Phi) is 2.59. The van der Waals surface area contributed by atoms with Crippen LogP contribution in [0.5, 0.6) is 0 Å². The number of halogens is 2. The van der Waals surface area contributed by atoms with Crippen molar-refractivity contribution in [3.63, 3.8) is 0 Å². The van der Waals surface area contributed by atoms with Crippen molar-refractivity contribution >= 4 is 5.82 Å². The van der Waals surface area contributed by atoms with Gasteiger partial charge in [-0.2, -0.15) is 0 Å². The first-order valence-electron chi connectivity index (χ1n) is 4.91. The van der Waals surface area contributed by atoms with Crippen LogP contribution >= 0.6 is 0 Å². The molecule has 1 fully saturated rings. The van der Waals surface area contributed by atoms with E-state index < -0.39 is 5.92 Å². The highest BCUT2D eigenvalue weighted by Crippen LogP contribution is 2.29. The van der Waals surface area contributed by atoms with Gasteiger partial charge in [0.05, 0.1) is 0 Å². The maximum absolute atomic E-state index is 12.9. The molecular formula is C11H12F2N2. The number of hydrogen-bond acceptors (Lipinski definition) is 2. The van der Waals surface area contributed by atoms with Gasteiger partial charge in [0.1, 0.15) is 5.82 Å². The molecule has 1 aromatic rings. The van der Waals surface area contributed by atoms with Gasteiger partial charge in [-0.05, 0) is 11.6 Å². The van der Waals surface area contributed by atoms with E-state index in [-0.39, 0.29) is 12.8 Å². The third-order valence-electron chi connectivity index (χ3n) is 2.59. The van der Waals surface area contributed by atoms with E-state index in [0.29, 0.717) is 18.7 Å². The fourth-order valence-corrected chi connectivity index (χ4v) is 1.65. The number of anilines is 1. The summed E-state index contributed by atoms with van der Waals surface area (Å²) in [4.78, 5) is 5.96. The molecule has 4 heteroatoms. The van der Waals surface area contributed by atoms with Crippen molar-refractivity contribution in [3.8, 4) is 0 Å². The van der Waals surface area contributed by atoms with Gasteiger partial charge in [-0.3, -0.25) is 0 Å². The highest BCUT2D eigenvalue weighted by Gasteiger charge is 2.34. The molecule has 2 heterocycles. The second kappa shape index (κ2) is 3.76. The average Bonchev–Trinajstić information content (AvgIpc) is 2.20. The first-order valence-corrected chi connectivity index (χ1v) is 4.91. The second-order valence-corrected chi connectivity index (χ2v) is 3.79. The first kappa shape index (κ1) is 10.3. The van der Waals surface area contributed by atoms with Crippen molar-refractivity contribution in [2.24, 2.45) is 0 Å². The third kappa shape index (κ3) is 2.43. The van der Waals surface area contributed by atoms with Gasteiger partial charge in [-0.15, -0.1) is 0 Å². The van der Waals surface area contributed by atoms with Crippen molar-refractivity contribution in [2.75, 3.05) is 18.0 Å². The zero-order valence-electron chi connectivity index (χ0n) is 8.29. The Morgan fingerprint density at radius 3 is 2.47 bits per heavy atom. The Hall–Kier alpha value is -1.19. The number of alkyl halides is 2. The van der Waals surface area contributed by atoms with Crippen LogP contribution in [-0.2, 0) is 0 Å². The van der Waals surface area contributed by atoms with E-state index >= 15 is 0 Å². The second-order valence-electron chi connectivity index (χ2n) is 3.79. The van der Waals surface area contributed by atoms with Crippen LogP contribution in [0.4, 0.5) is 14.6 Å². The average molecular weight is 210 g/mol. The summed E-state index contributed by atoms with van der Waals surface area (Å²) in [6.07, 6.45) is 1.35. The minimum Gasteiger partial charge on any atom is -0.356 e. The molecule has 0 N–H and O–H groups in total. The lowest BCUT2D eigenvalue weighted by Gasteiger charge is -2.32. The van der Waals surface area contributed by atoms with Gasteiger partial charge in [0.25, 0.3) is 5.92 Å². The Balaban J connectivity index is 2.04. The van der Waals surface area contributed by atoms with E-state index in [1.807, 2.05) is 4.90 Å². The molecule has 1 aliphatic rings. The lowest BCUT2D eigenvalue weighted by molar-refractivity contribution is -0.0221. The van der Waals surface area contributed by atoms with Gasteiger partial charge >= 0.3 is 0 Å². The summed E-state index contributed by atoms with van der Waals surface area (Å²) in [6, 6.07) is 3.49. The van der Waals surface area contributed by atoms with Crippen molar-refractivity contribution in [3.05, 3.63) is 30.8 Å². The van der Waals surface area contributed by atoms with Crippen LogP contribution in [-0.4, -0.2) is 24.0 Å². The molecule has 0 aliphatic carbocycles. The Labute approximate surface area is 87.9 Å². The van der Waals surface area contributed by atoms with Gasteiger partial charge in [0, 0.05) is 39.1 Å². The number of pyridine rings is 1. The highest BCUT2D eigenvalue weighted by molar-refractivity contribution is 5.40. The molecule has 0 aromatic carbocycles. The molecule has 0 amide bonds. The largest absolute Gasteiger partial charge is 0.356 e. The lowest BCUT2D eigenvalue weighted by Crippen LogP contribution is -2.39. The van der Waals surface area contributed by atoms with Crippen LogP contribution in [0.2, 0.25) is 0 Å². The van der Waals surface area contributed by atoms with Crippen LogP contribution in [0.25, 0.3) is 0 Å². The van der Waals surface area contributed by atoms with Crippen LogP contribution in [0, 0.1) is 6.92 Å². The molecule has 1 saturated heterocycles. The fourth-order valence-electron chi connectivity index (χ4n) is 1.65. The summed E-state index contributed by atoms with van der Waals surface area (Å²) < 4.78 is 25.8. The van der Waals surface area contributed by atoms with Crippen molar-refractivity contribution < 1.29 is 8.78 Å². The molecule has 0 atom stereocenters. The fraction of sp³-hybridized carbons (Fsp3) is 0.455. The van der Waals surface area contributed by atoms with Gasteiger partial charge in [0.15, 0.2) is 0 Å². The molecule has 0 unspecified atom stereocenters. The molecule has 1 aliphatic heterocycles. The predicted molar refractivity (Wildman–Crippen MR) is 54.0 cm³/mol. The minimum absolute atomic E-state index is 0.0982. The summed E-state index contributed by atoms with van der Waals surface area (Å²) in [5.74, 6) is -1.79. The molecular weight excluding hydrogens is 198 g/mol. The zero-order chi connectivity index (χ0) is 10.9. The van der Waals surface area contributed by atoms with Crippen LogP contribution < -0.4 is 4.90 Å². The topological polar surface area (TPSA) is 16.1 Å². The van der Waals surface area contributed by atoms with Gasteiger partial charge < -0.3 is 4.90 Å². The quantitative estimate of drug-likeness (QED) is 0.707. The third-order valence-corrected chi connectivity index (χ3v) is 2.59.